The van der Waals surface area contributed by atoms with Crippen LogP contribution in [0.2, 0.25) is 0 Å². The average Bonchev–Trinajstić information content (AvgIpc) is 3.41. The highest BCUT2D eigenvalue weighted by Crippen LogP contribution is 2.43. The SMILES string of the molecule is COc1cccc(OC)c1C(=O)NCC(=O)N1c2ccccc2N(Cc2ccccc2)C(=O)C2CCCC21. The monoisotopic (exact) mass is 513 g/mol. The number of nitrogens with one attached hydrogen (secondary N) is 1. The number of amides is 3. The Balaban J connectivity index is 1.45. The van der Waals surface area contributed by atoms with E-state index in [2.05, 4.69) is 5.32 Å². The Bertz CT molecular complexity index is 1320. The van der Waals surface area contributed by atoms with Crippen molar-refractivity contribution in [2.45, 2.75) is 31.8 Å². The topological polar surface area (TPSA) is 88.2 Å². The van der Waals surface area contributed by atoms with Crippen LogP contribution in [-0.2, 0) is 16.1 Å². The van der Waals surface area contributed by atoms with Crippen molar-refractivity contribution >= 4 is 29.1 Å². The summed E-state index contributed by atoms with van der Waals surface area (Å²) in [5.74, 6) is -0.312. The molecule has 1 fully saturated rings. The minimum Gasteiger partial charge on any atom is -0.496 e. The van der Waals surface area contributed by atoms with Gasteiger partial charge in [-0.2, -0.15) is 0 Å². The van der Waals surface area contributed by atoms with E-state index in [0.29, 0.717) is 29.4 Å². The highest BCUT2D eigenvalue weighted by Gasteiger charge is 2.45. The first-order chi connectivity index (χ1) is 18.5. The molecule has 5 rings (SSSR count). The van der Waals surface area contributed by atoms with Gasteiger partial charge in [0.25, 0.3) is 5.91 Å². The minimum absolute atomic E-state index is 0.0295. The summed E-state index contributed by atoms with van der Waals surface area (Å²) in [6.07, 6.45) is 2.30. The number of rotatable bonds is 7. The Labute approximate surface area is 222 Å². The van der Waals surface area contributed by atoms with Gasteiger partial charge in [-0.25, -0.2) is 0 Å². The maximum absolute atomic E-state index is 13.8. The van der Waals surface area contributed by atoms with Crippen LogP contribution in [0.5, 0.6) is 11.5 Å². The number of nitrogens with zero attached hydrogens (tertiary/aromatic N) is 2. The maximum atomic E-state index is 13.8. The van der Waals surface area contributed by atoms with E-state index in [-0.39, 0.29) is 35.9 Å². The standard InChI is InChI=1S/C30H31N3O5/c1-37-25-16-9-17-26(38-2)28(25)29(35)31-18-27(34)33-22-15-8-12-21(22)30(36)32(19-20-10-4-3-5-11-20)23-13-6-7-14-24(23)33/h3-7,9-11,13-14,16-17,21-22H,8,12,15,18-19H2,1-2H3,(H,31,35). The van der Waals surface area contributed by atoms with Crippen molar-refractivity contribution in [1.29, 1.82) is 0 Å². The van der Waals surface area contributed by atoms with Crippen LogP contribution in [0.15, 0.2) is 72.8 Å². The van der Waals surface area contributed by atoms with E-state index >= 15 is 0 Å². The Morgan fingerprint density at radius 1 is 0.868 bits per heavy atom. The summed E-state index contributed by atoms with van der Waals surface area (Å²) in [4.78, 5) is 44.3. The molecule has 2 atom stereocenters. The second-order valence-corrected chi connectivity index (χ2v) is 9.49. The molecule has 8 nitrogen and oxygen atoms in total. The fraction of sp³-hybridized carbons (Fsp3) is 0.300. The Hall–Kier alpha value is -4.33. The third-order valence-electron chi connectivity index (χ3n) is 7.33. The lowest BCUT2D eigenvalue weighted by Crippen LogP contribution is -2.48. The van der Waals surface area contributed by atoms with Crippen molar-refractivity contribution in [2.24, 2.45) is 5.92 Å². The number of anilines is 2. The zero-order chi connectivity index (χ0) is 26.6. The predicted octanol–water partition coefficient (Wildman–Crippen LogP) is 4.18. The summed E-state index contributed by atoms with van der Waals surface area (Å²) in [5.41, 5.74) is 2.62. The maximum Gasteiger partial charge on any atom is 0.259 e. The van der Waals surface area contributed by atoms with Crippen molar-refractivity contribution in [1.82, 2.24) is 5.32 Å². The Morgan fingerprint density at radius 2 is 1.53 bits per heavy atom. The molecule has 38 heavy (non-hydrogen) atoms. The third kappa shape index (κ3) is 4.69. The molecule has 0 spiro atoms. The van der Waals surface area contributed by atoms with Crippen molar-refractivity contribution < 1.29 is 23.9 Å². The minimum atomic E-state index is -0.472. The number of carbonyl (C=O) groups excluding carboxylic acids is 3. The number of hydrogen-bond acceptors (Lipinski definition) is 5. The first-order valence-electron chi connectivity index (χ1n) is 12.8. The van der Waals surface area contributed by atoms with Gasteiger partial charge in [-0.1, -0.05) is 55.0 Å². The molecule has 0 saturated heterocycles. The first kappa shape index (κ1) is 25.3. The highest BCUT2D eigenvalue weighted by atomic mass is 16.5. The lowest BCUT2D eigenvalue weighted by Gasteiger charge is -2.30. The summed E-state index contributed by atoms with van der Waals surface area (Å²) in [5, 5.41) is 2.75. The van der Waals surface area contributed by atoms with Crippen LogP contribution >= 0.6 is 0 Å². The van der Waals surface area contributed by atoms with Crippen LogP contribution in [0.3, 0.4) is 0 Å². The van der Waals surface area contributed by atoms with E-state index in [9.17, 15) is 14.4 Å². The van der Waals surface area contributed by atoms with Crippen molar-refractivity contribution in [3.8, 4) is 11.5 Å². The van der Waals surface area contributed by atoms with Gasteiger partial charge >= 0.3 is 0 Å². The molecule has 1 aliphatic heterocycles. The number of carbonyl (C=O) groups is 3. The van der Waals surface area contributed by atoms with Crippen LogP contribution in [0, 0.1) is 5.92 Å². The van der Waals surface area contributed by atoms with Crippen LogP contribution < -0.4 is 24.6 Å². The third-order valence-corrected chi connectivity index (χ3v) is 7.33. The van der Waals surface area contributed by atoms with Gasteiger partial charge in [-0.3, -0.25) is 14.4 Å². The second kappa shape index (κ2) is 11.0. The van der Waals surface area contributed by atoms with Crippen molar-refractivity contribution in [3.05, 3.63) is 83.9 Å². The van der Waals surface area contributed by atoms with Gasteiger partial charge in [0, 0.05) is 6.04 Å². The van der Waals surface area contributed by atoms with E-state index in [1.807, 2.05) is 54.6 Å². The summed E-state index contributed by atoms with van der Waals surface area (Å²) < 4.78 is 10.7. The van der Waals surface area contributed by atoms with E-state index in [1.54, 1.807) is 28.0 Å². The number of para-hydroxylation sites is 2. The van der Waals surface area contributed by atoms with E-state index in [4.69, 9.17) is 9.47 Å². The molecular formula is C30H31N3O5. The molecule has 0 radical (unpaired) electrons. The molecule has 3 aromatic rings. The van der Waals surface area contributed by atoms with E-state index < -0.39 is 5.91 Å². The van der Waals surface area contributed by atoms with E-state index in [1.165, 1.54) is 14.2 Å². The largest absolute Gasteiger partial charge is 0.496 e. The van der Waals surface area contributed by atoms with Gasteiger partial charge < -0.3 is 24.6 Å². The molecule has 1 saturated carbocycles. The number of fused-ring (bicyclic) bond motifs is 2. The molecule has 2 unspecified atom stereocenters. The molecular weight excluding hydrogens is 482 g/mol. The molecule has 196 valence electrons. The molecule has 3 amide bonds. The summed E-state index contributed by atoms with van der Waals surface area (Å²) in [6.45, 7) is 0.191. The summed E-state index contributed by atoms with van der Waals surface area (Å²) in [7, 11) is 2.95. The lowest BCUT2D eigenvalue weighted by molar-refractivity contribution is -0.123. The molecule has 2 aliphatic rings. The van der Waals surface area contributed by atoms with Gasteiger partial charge in [-0.05, 0) is 42.7 Å². The zero-order valence-corrected chi connectivity index (χ0v) is 21.6. The summed E-state index contributed by atoms with van der Waals surface area (Å²) >= 11 is 0. The number of benzene rings is 3. The smallest absolute Gasteiger partial charge is 0.259 e. The molecule has 0 bridgehead atoms. The van der Waals surface area contributed by atoms with Crippen LogP contribution in [0.25, 0.3) is 0 Å². The van der Waals surface area contributed by atoms with Gasteiger partial charge in [0.1, 0.15) is 17.1 Å². The lowest BCUT2D eigenvalue weighted by atomic mass is 10.0. The zero-order valence-electron chi connectivity index (χ0n) is 21.6. The fourth-order valence-corrected chi connectivity index (χ4v) is 5.58. The molecule has 3 aromatic carbocycles. The number of ether oxygens (including phenoxy) is 2. The first-order valence-corrected chi connectivity index (χ1v) is 12.8. The molecule has 0 aromatic heterocycles. The van der Waals surface area contributed by atoms with Crippen LogP contribution in [0.4, 0.5) is 11.4 Å². The predicted molar refractivity (Wildman–Crippen MR) is 145 cm³/mol. The van der Waals surface area contributed by atoms with Gasteiger partial charge in [0.2, 0.25) is 11.8 Å². The molecule has 1 aliphatic carbocycles. The fourth-order valence-electron chi connectivity index (χ4n) is 5.58. The molecule has 1 heterocycles. The highest BCUT2D eigenvalue weighted by molar-refractivity contribution is 6.08. The summed E-state index contributed by atoms with van der Waals surface area (Å²) in [6, 6.07) is 22.2. The van der Waals surface area contributed by atoms with Crippen molar-refractivity contribution in [2.75, 3.05) is 30.6 Å². The number of hydrogen-bond donors (Lipinski definition) is 1. The Morgan fingerprint density at radius 3 is 2.21 bits per heavy atom. The van der Waals surface area contributed by atoms with Gasteiger partial charge in [-0.15, -0.1) is 0 Å². The molecule has 1 N–H and O–H groups in total. The number of methoxy groups -OCH3 is 2. The van der Waals surface area contributed by atoms with Gasteiger partial charge in [0.15, 0.2) is 0 Å². The van der Waals surface area contributed by atoms with Crippen molar-refractivity contribution in [3.63, 3.8) is 0 Å². The quantitative estimate of drug-likeness (QED) is 0.512. The Kier molecular flexibility index (Phi) is 7.31. The van der Waals surface area contributed by atoms with Gasteiger partial charge in [0.05, 0.1) is 44.6 Å². The normalized spacial score (nSPS) is 18.3. The molecule has 8 heteroatoms. The van der Waals surface area contributed by atoms with E-state index in [0.717, 1.165) is 24.8 Å². The second-order valence-electron chi connectivity index (χ2n) is 9.49. The average molecular weight is 514 g/mol. The van der Waals surface area contributed by atoms with Crippen LogP contribution in [0.1, 0.15) is 35.2 Å². The van der Waals surface area contributed by atoms with Crippen LogP contribution in [-0.4, -0.2) is 44.5 Å².